The minimum absolute atomic E-state index is 0.00601. The summed E-state index contributed by atoms with van der Waals surface area (Å²) < 4.78 is 32.5. The number of esters is 1. The topological polar surface area (TPSA) is 102 Å². The van der Waals surface area contributed by atoms with E-state index in [1.54, 1.807) is 12.1 Å². The molecule has 0 fully saturated rings. The third-order valence-corrected chi connectivity index (χ3v) is 6.00. The summed E-state index contributed by atoms with van der Waals surface area (Å²) in [5, 5.41) is 3.25. The quantitative estimate of drug-likeness (QED) is 0.493. The van der Waals surface area contributed by atoms with E-state index in [2.05, 4.69) is 14.8 Å². The van der Waals surface area contributed by atoms with Crippen molar-refractivity contribution >= 4 is 56.5 Å². The summed E-state index contributed by atoms with van der Waals surface area (Å²) in [6.45, 7) is 0. The Kier molecular flexibility index (Phi) is 6.84. The fourth-order valence-corrected chi connectivity index (χ4v) is 4.03. The first-order chi connectivity index (χ1) is 14.7. The van der Waals surface area contributed by atoms with Crippen LogP contribution in [-0.2, 0) is 14.8 Å². The van der Waals surface area contributed by atoms with Crippen molar-refractivity contribution in [3.63, 3.8) is 0 Å². The molecule has 0 atom stereocenters. The fraction of sp³-hybridized carbons (Fsp3) is 0.0476. The molecule has 3 aromatic carbocycles. The number of halogens is 2. The summed E-state index contributed by atoms with van der Waals surface area (Å²) in [6.07, 6.45) is 0. The third kappa shape index (κ3) is 5.55. The van der Waals surface area contributed by atoms with Crippen LogP contribution in [0.2, 0.25) is 10.0 Å². The molecule has 0 saturated heterocycles. The van der Waals surface area contributed by atoms with Gasteiger partial charge in [-0.3, -0.25) is 9.52 Å². The zero-order valence-electron chi connectivity index (χ0n) is 16.1. The molecular formula is C21H16Cl2N2O5S. The van der Waals surface area contributed by atoms with E-state index in [-0.39, 0.29) is 26.7 Å². The number of anilines is 2. The number of amides is 1. The van der Waals surface area contributed by atoms with Gasteiger partial charge in [0.1, 0.15) is 0 Å². The molecule has 0 radical (unpaired) electrons. The highest BCUT2D eigenvalue weighted by molar-refractivity contribution is 7.92. The van der Waals surface area contributed by atoms with Crippen molar-refractivity contribution in [2.24, 2.45) is 0 Å². The number of benzene rings is 3. The zero-order chi connectivity index (χ0) is 22.6. The number of carbonyl (C=O) groups excluding carboxylic acids is 2. The van der Waals surface area contributed by atoms with Crippen molar-refractivity contribution in [3.8, 4) is 0 Å². The van der Waals surface area contributed by atoms with Crippen LogP contribution >= 0.6 is 23.2 Å². The summed E-state index contributed by atoms with van der Waals surface area (Å²) in [7, 11) is -2.74. The SMILES string of the molecule is COC(=O)c1cccc(NC(=O)c2cc(Cl)ccc2NS(=O)(=O)c2ccc(Cl)cc2)c1. The molecule has 0 bridgehead atoms. The van der Waals surface area contributed by atoms with Crippen LogP contribution in [-0.4, -0.2) is 27.4 Å². The lowest BCUT2D eigenvalue weighted by Crippen LogP contribution is -2.19. The maximum atomic E-state index is 12.9. The van der Waals surface area contributed by atoms with Crippen molar-refractivity contribution in [2.45, 2.75) is 4.90 Å². The molecule has 0 aliphatic heterocycles. The Hall–Kier alpha value is -3.07. The van der Waals surface area contributed by atoms with Crippen LogP contribution in [0, 0.1) is 0 Å². The Morgan fingerprint density at radius 3 is 2.26 bits per heavy atom. The Labute approximate surface area is 189 Å². The molecule has 0 unspecified atom stereocenters. The second-order valence-electron chi connectivity index (χ2n) is 6.28. The first-order valence-electron chi connectivity index (χ1n) is 8.77. The van der Waals surface area contributed by atoms with E-state index in [0.717, 1.165) is 0 Å². The summed E-state index contributed by atoms with van der Waals surface area (Å²) >= 11 is 11.8. The molecule has 160 valence electrons. The lowest BCUT2D eigenvalue weighted by Gasteiger charge is -2.14. The number of hydrogen-bond acceptors (Lipinski definition) is 5. The summed E-state index contributed by atoms with van der Waals surface area (Å²) in [4.78, 5) is 24.5. The van der Waals surface area contributed by atoms with Gasteiger partial charge in [-0.1, -0.05) is 29.3 Å². The molecule has 0 saturated carbocycles. The van der Waals surface area contributed by atoms with E-state index in [0.29, 0.717) is 10.7 Å². The van der Waals surface area contributed by atoms with Gasteiger partial charge in [-0.25, -0.2) is 13.2 Å². The number of sulfonamides is 1. The molecule has 7 nitrogen and oxygen atoms in total. The Balaban J connectivity index is 1.90. The average Bonchev–Trinajstić information content (AvgIpc) is 2.74. The second-order valence-corrected chi connectivity index (χ2v) is 8.83. The van der Waals surface area contributed by atoms with Gasteiger partial charge in [0.2, 0.25) is 0 Å². The third-order valence-electron chi connectivity index (χ3n) is 4.14. The largest absolute Gasteiger partial charge is 0.465 e. The molecule has 0 heterocycles. The van der Waals surface area contributed by atoms with E-state index >= 15 is 0 Å². The number of carbonyl (C=O) groups is 2. The highest BCUT2D eigenvalue weighted by Gasteiger charge is 2.20. The van der Waals surface area contributed by atoms with Gasteiger partial charge < -0.3 is 10.1 Å². The number of rotatable bonds is 6. The smallest absolute Gasteiger partial charge is 0.337 e. The lowest BCUT2D eigenvalue weighted by atomic mass is 10.1. The van der Waals surface area contributed by atoms with Gasteiger partial charge in [0.05, 0.1) is 28.8 Å². The Bertz CT molecular complexity index is 1240. The fourth-order valence-electron chi connectivity index (χ4n) is 2.65. The molecule has 0 aromatic heterocycles. The Morgan fingerprint density at radius 2 is 1.58 bits per heavy atom. The van der Waals surface area contributed by atoms with Crippen LogP contribution in [0.3, 0.4) is 0 Å². The van der Waals surface area contributed by atoms with Crippen molar-refractivity contribution in [2.75, 3.05) is 17.1 Å². The van der Waals surface area contributed by atoms with Crippen LogP contribution < -0.4 is 10.0 Å². The van der Waals surface area contributed by atoms with Gasteiger partial charge in [-0.2, -0.15) is 0 Å². The first kappa shape index (κ1) is 22.6. The summed E-state index contributed by atoms with van der Waals surface area (Å²) in [5.74, 6) is -1.19. The number of methoxy groups -OCH3 is 1. The van der Waals surface area contributed by atoms with E-state index in [1.807, 2.05) is 0 Å². The summed E-state index contributed by atoms with van der Waals surface area (Å²) in [5.41, 5.74) is 0.587. The predicted octanol–water partition coefficient (Wildman–Crippen LogP) is 4.83. The van der Waals surface area contributed by atoms with Crippen molar-refractivity contribution < 1.29 is 22.7 Å². The van der Waals surface area contributed by atoms with Gasteiger partial charge in [-0.15, -0.1) is 0 Å². The van der Waals surface area contributed by atoms with Crippen molar-refractivity contribution in [3.05, 3.63) is 87.9 Å². The molecule has 0 aliphatic rings. The van der Waals surface area contributed by atoms with Crippen LogP contribution in [0.15, 0.2) is 71.6 Å². The van der Waals surface area contributed by atoms with Crippen molar-refractivity contribution in [1.82, 2.24) is 0 Å². The van der Waals surface area contributed by atoms with E-state index < -0.39 is 21.9 Å². The minimum Gasteiger partial charge on any atom is -0.465 e. The molecule has 31 heavy (non-hydrogen) atoms. The number of ether oxygens (including phenoxy) is 1. The van der Waals surface area contributed by atoms with Gasteiger partial charge >= 0.3 is 5.97 Å². The van der Waals surface area contributed by atoms with Gasteiger partial charge in [0.25, 0.3) is 15.9 Å². The van der Waals surface area contributed by atoms with E-state index in [1.165, 1.54) is 61.7 Å². The molecule has 1 amide bonds. The van der Waals surface area contributed by atoms with E-state index in [4.69, 9.17) is 23.2 Å². The summed E-state index contributed by atoms with van der Waals surface area (Å²) in [6, 6.07) is 15.9. The lowest BCUT2D eigenvalue weighted by molar-refractivity contribution is 0.0600. The van der Waals surface area contributed by atoms with Gasteiger partial charge in [0.15, 0.2) is 0 Å². The van der Waals surface area contributed by atoms with Gasteiger partial charge in [-0.05, 0) is 60.7 Å². The van der Waals surface area contributed by atoms with Crippen LogP contribution in [0.1, 0.15) is 20.7 Å². The van der Waals surface area contributed by atoms with Crippen LogP contribution in [0.4, 0.5) is 11.4 Å². The monoisotopic (exact) mass is 478 g/mol. The number of hydrogen-bond donors (Lipinski definition) is 2. The maximum Gasteiger partial charge on any atom is 0.337 e. The first-order valence-corrected chi connectivity index (χ1v) is 11.0. The van der Waals surface area contributed by atoms with Crippen LogP contribution in [0.25, 0.3) is 0 Å². The molecular weight excluding hydrogens is 463 g/mol. The molecule has 0 aliphatic carbocycles. The number of nitrogens with one attached hydrogen (secondary N) is 2. The molecule has 3 rings (SSSR count). The normalized spacial score (nSPS) is 10.9. The van der Waals surface area contributed by atoms with Gasteiger partial charge in [0, 0.05) is 15.7 Å². The standard InChI is InChI=1S/C21H16Cl2N2O5S/c1-30-21(27)13-3-2-4-16(11-13)24-20(26)18-12-15(23)7-10-19(18)25-31(28,29)17-8-5-14(22)6-9-17/h2-12,25H,1H3,(H,24,26). The maximum absolute atomic E-state index is 12.9. The highest BCUT2D eigenvalue weighted by atomic mass is 35.5. The van der Waals surface area contributed by atoms with Crippen LogP contribution in [0.5, 0.6) is 0 Å². The molecule has 2 N–H and O–H groups in total. The van der Waals surface area contributed by atoms with Crippen molar-refractivity contribution in [1.29, 1.82) is 0 Å². The minimum atomic E-state index is -3.99. The average molecular weight is 479 g/mol. The second kappa shape index (κ2) is 9.38. The Morgan fingerprint density at radius 1 is 0.903 bits per heavy atom. The molecule has 3 aromatic rings. The molecule has 0 spiro atoms. The highest BCUT2D eigenvalue weighted by Crippen LogP contribution is 2.25. The molecule has 10 heteroatoms. The predicted molar refractivity (Wildman–Crippen MR) is 119 cm³/mol. The zero-order valence-corrected chi connectivity index (χ0v) is 18.4. The van der Waals surface area contributed by atoms with E-state index in [9.17, 15) is 18.0 Å².